The summed E-state index contributed by atoms with van der Waals surface area (Å²) in [6, 6.07) is 14.9. The number of imidazole rings is 1. The number of rotatable bonds is 8. The van der Waals surface area contributed by atoms with Gasteiger partial charge in [0.15, 0.2) is 0 Å². The molecular weight excluding hydrogens is 314 g/mol. The van der Waals surface area contributed by atoms with Crippen molar-refractivity contribution in [1.29, 1.82) is 0 Å². The quantitative estimate of drug-likeness (QED) is 0.620. The second-order valence-corrected chi connectivity index (χ2v) is 6.40. The van der Waals surface area contributed by atoms with Crippen LogP contribution in [0, 0.1) is 0 Å². The Bertz CT molecular complexity index is 857. The molecule has 1 heterocycles. The van der Waals surface area contributed by atoms with Crippen molar-refractivity contribution in [1.82, 2.24) is 9.55 Å². The maximum Gasteiger partial charge on any atom is 0.268 e. The van der Waals surface area contributed by atoms with Crippen LogP contribution >= 0.6 is 0 Å². The molecule has 3 rings (SSSR count). The highest BCUT2D eigenvalue weighted by Gasteiger charge is 2.09. The number of amides is 1. The first kappa shape index (κ1) is 17.2. The van der Waals surface area contributed by atoms with Crippen molar-refractivity contribution in [3.63, 3.8) is 0 Å². The van der Waals surface area contributed by atoms with Crippen LogP contribution in [0.25, 0.3) is 10.8 Å². The largest absolute Gasteiger partial charge is 0.391 e. The SMILES string of the molecule is NC(=O)c1cn(C[C@@H](O)CCCCc2ccc3ccccc3c2)cn1. The van der Waals surface area contributed by atoms with Crippen LogP contribution in [0.15, 0.2) is 55.0 Å². The molecule has 3 N–H and O–H groups in total. The van der Waals surface area contributed by atoms with E-state index in [9.17, 15) is 9.90 Å². The second kappa shape index (κ2) is 7.94. The van der Waals surface area contributed by atoms with Crippen molar-refractivity contribution < 1.29 is 9.90 Å². The number of nitrogens with zero attached hydrogens (tertiary/aromatic N) is 2. The summed E-state index contributed by atoms with van der Waals surface area (Å²) in [7, 11) is 0. The van der Waals surface area contributed by atoms with Gasteiger partial charge in [0.25, 0.3) is 5.91 Å². The van der Waals surface area contributed by atoms with Crippen LogP contribution in [0.5, 0.6) is 0 Å². The zero-order valence-electron chi connectivity index (χ0n) is 14.1. The summed E-state index contributed by atoms with van der Waals surface area (Å²) in [6.45, 7) is 0.427. The number of carbonyl (C=O) groups is 1. The van der Waals surface area contributed by atoms with E-state index >= 15 is 0 Å². The lowest BCUT2D eigenvalue weighted by molar-refractivity contribution is 0.0995. The smallest absolute Gasteiger partial charge is 0.268 e. The van der Waals surface area contributed by atoms with Gasteiger partial charge in [-0.15, -0.1) is 0 Å². The molecule has 5 heteroatoms. The molecule has 0 saturated carbocycles. The summed E-state index contributed by atoms with van der Waals surface area (Å²) in [4.78, 5) is 14.9. The van der Waals surface area contributed by atoms with Gasteiger partial charge < -0.3 is 15.4 Å². The average Bonchev–Trinajstić information content (AvgIpc) is 3.07. The molecule has 1 atom stereocenters. The van der Waals surface area contributed by atoms with Crippen molar-refractivity contribution >= 4 is 16.7 Å². The Labute approximate surface area is 147 Å². The molecule has 5 nitrogen and oxygen atoms in total. The van der Waals surface area contributed by atoms with Gasteiger partial charge in [0.1, 0.15) is 5.69 Å². The Morgan fingerprint density at radius 2 is 1.96 bits per heavy atom. The maximum absolute atomic E-state index is 11.0. The normalized spacial score (nSPS) is 12.4. The number of fused-ring (bicyclic) bond motifs is 1. The first-order valence-corrected chi connectivity index (χ1v) is 8.59. The minimum Gasteiger partial charge on any atom is -0.391 e. The standard InChI is InChI=1S/C20H23N3O2/c21-20(25)19-13-23(14-22-19)12-18(24)8-4-1-5-15-9-10-16-6-2-3-7-17(16)11-15/h2-3,6-7,9-11,13-14,18,24H,1,4-5,8,12H2,(H2,21,25)/t18-/m0/s1. The molecule has 0 aliphatic heterocycles. The number of carbonyl (C=O) groups excluding carboxylic acids is 1. The van der Waals surface area contributed by atoms with Crippen molar-refractivity contribution in [2.45, 2.75) is 38.3 Å². The summed E-state index contributed by atoms with van der Waals surface area (Å²) in [5, 5.41) is 12.7. The molecule has 0 radical (unpaired) electrons. The highest BCUT2D eigenvalue weighted by molar-refractivity contribution is 5.90. The predicted molar refractivity (Wildman–Crippen MR) is 98.3 cm³/mol. The number of hydrogen-bond donors (Lipinski definition) is 2. The first-order chi connectivity index (χ1) is 12.1. The molecule has 0 fully saturated rings. The first-order valence-electron chi connectivity index (χ1n) is 8.59. The summed E-state index contributed by atoms with van der Waals surface area (Å²) < 4.78 is 1.70. The Kier molecular flexibility index (Phi) is 5.46. The lowest BCUT2D eigenvalue weighted by Gasteiger charge is -2.11. The van der Waals surface area contributed by atoms with Crippen LogP contribution in [-0.4, -0.2) is 26.7 Å². The van der Waals surface area contributed by atoms with E-state index in [4.69, 9.17) is 5.73 Å². The van der Waals surface area contributed by atoms with E-state index in [0.717, 1.165) is 25.7 Å². The fourth-order valence-corrected chi connectivity index (χ4v) is 3.03. The van der Waals surface area contributed by atoms with Gasteiger partial charge in [-0.1, -0.05) is 48.9 Å². The summed E-state index contributed by atoms with van der Waals surface area (Å²) >= 11 is 0. The van der Waals surface area contributed by atoms with Gasteiger partial charge in [-0.05, 0) is 35.6 Å². The van der Waals surface area contributed by atoms with E-state index in [1.165, 1.54) is 22.7 Å². The van der Waals surface area contributed by atoms with Gasteiger partial charge in [-0.25, -0.2) is 4.98 Å². The zero-order valence-corrected chi connectivity index (χ0v) is 14.1. The molecule has 3 aromatic rings. The van der Waals surface area contributed by atoms with Crippen molar-refractivity contribution in [3.8, 4) is 0 Å². The number of hydrogen-bond acceptors (Lipinski definition) is 3. The van der Waals surface area contributed by atoms with E-state index in [-0.39, 0.29) is 5.69 Å². The Morgan fingerprint density at radius 3 is 2.72 bits per heavy atom. The average molecular weight is 337 g/mol. The second-order valence-electron chi connectivity index (χ2n) is 6.40. The van der Waals surface area contributed by atoms with Crippen LogP contribution in [0.2, 0.25) is 0 Å². The van der Waals surface area contributed by atoms with Crippen LogP contribution in [0.4, 0.5) is 0 Å². The topological polar surface area (TPSA) is 81.1 Å². The minimum absolute atomic E-state index is 0.225. The molecular formula is C20H23N3O2. The molecule has 0 saturated heterocycles. The van der Waals surface area contributed by atoms with Crippen LogP contribution in [0.3, 0.4) is 0 Å². The maximum atomic E-state index is 11.0. The van der Waals surface area contributed by atoms with Crippen LogP contribution < -0.4 is 5.73 Å². The van der Waals surface area contributed by atoms with E-state index in [2.05, 4.69) is 47.4 Å². The Hall–Kier alpha value is -2.66. The van der Waals surface area contributed by atoms with Gasteiger partial charge in [0.05, 0.1) is 12.4 Å². The van der Waals surface area contributed by atoms with E-state index in [0.29, 0.717) is 6.54 Å². The minimum atomic E-state index is -0.552. The summed E-state index contributed by atoms with van der Waals surface area (Å²) in [6.07, 6.45) is 6.36. The fraction of sp³-hybridized carbons (Fsp3) is 0.300. The van der Waals surface area contributed by atoms with E-state index in [1.54, 1.807) is 10.8 Å². The predicted octanol–water partition coefficient (Wildman–Crippen LogP) is 2.91. The van der Waals surface area contributed by atoms with Gasteiger partial charge in [0.2, 0.25) is 0 Å². The zero-order chi connectivity index (χ0) is 17.6. The monoisotopic (exact) mass is 337 g/mol. The third-order valence-electron chi connectivity index (χ3n) is 4.37. The molecule has 1 amide bonds. The van der Waals surface area contributed by atoms with Crippen LogP contribution in [-0.2, 0) is 13.0 Å². The fourth-order valence-electron chi connectivity index (χ4n) is 3.03. The molecule has 0 aliphatic rings. The highest BCUT2D eigenvalue weighted by Crippen LogP contribution is 2.17. The third-order valence-corrected chi connectivity index (χ3v) is 4.37. The molecule has 25 heavy (non-hydrogen) atoms. The Morgan fingerprint density at radius 1 is 1.16 bits per heavy atom. The molecule has 0 aliphatic carbocycles. The molecule has 0 unspecified atom stereocenters. The van der Waals surface area contributed by atoms with Crippen molar-refractivity contribution in [3.05, 3.63) is 66.2 Å². The molecule has 0 bridgehead atoms. The molecule has 2 aromatic carbocycles. The lowest BCUT2D eigenvalue weighted by Crippen LogP contribution is -2.15. The Balaban J connectivity index is 1.43. The lowest BCUT2D eigenvalue weighted by atomic mass is 10.0. The number of aliphatic hydroxyl groups excluding tert-OH is 1. The van der Waals surface area contributed by atoms with Crippen molar-refractivity contribution in [2.24, 2.45) is 5.73 Å². The van der Waals surface area contributed by atoms with E-state index in [1.807, 2.05) is 0 Å². The number of benzene rings is 2. The molecule has 1 aromatic heterocycles. The molecule has 130 valence electrons. The number of primary amides is 1. The van der Waals surface area contributed by atoms with Gasteiger partial charge in [0, 0.05) is 12.7 Å². The number of aryl methyl sites for hydroxylation is 1. The summed E-state index contributed by atoms with van der Waals surface area (Å²) in [5.74, 6) is -0.552. The van der Waals surface area contributed by atoms with Gasteiger partial charge in [-0.3, -0.25) is 4.79 Å². The van der Waals surface area contributed by atoms with Gasteiger partial charge in [-0.2, -0.15) is 0 Å². The highest BCUT2D eigenvalue weighted by atomic mass is 16.3. The van der Waals surface area contributed by atoms with E-state index < -0.39 is 12.0 Å². The van der Waals surface area contributed by atoms with Crippen LogP contribution in [0.1, 0.15) is 35.3 Å². The summed E-state index contributed by atoms with van der Waals surface area (Å²) in [5.41, 5.74) is 6.72. The number of unbranched alkanes of at least 4 members (excludes halogenated alkanes) is 1. The number of aliphatic hydroxyl groups is 1. The number of aromatic nitrogens is 2. The van der Waals surface area contributed by atoms with Crippen molar-refractivity contribution in [2.75, 3.05) is 0 Å². The number of nitrogens with two attached hydrogens (primary N) is 1. The third kappa shape index (κ3) is 4.67. The van der Waals surface area contributed by atoms with Gasteiger partial charge >= 0.3 is 0 Å². The molecule has 0 spiro atoms.